The Morgan fingerprint density at radius 2 is 1.96 bits per heavy atom. The second kappa shape index (κ2) is 7.77. The average molecular weight is 369 g/mol. The second-order valence-corrected chi connectivity index (χ2v) is 6.55. The first-order valence-electron chi connectivity index (χ1n) is 7.74. The van der Waals surface area contributed by atoms with Crippen LogP contribution in [-0.2, 0) is 12.8 Å². The molecule has 0 atom stereocenters. The Labute approximate surface area is 151 Å². The molecule has 0 unspecified atom stereocenters. The lowest BCUT2D eigenvalue weighted by Gasteiger charge is -2.08. The standard InChI is InChI=1S/C17H20N2O3S.ClH/c1-3-5-15-10(4-2)6-16(23-15)17(20)19-12-8-14-13(7-11(12)18)21-9-22-14;/h6-8H,3-5,9,18H2,1-2H3,(H,19,20);1H. The average Bonchev–Trinajstić information content (AvgIpc) is 3.14. The van der Waals surface area contributed by atoms with Crippen molar-refractivity contribution in [1.29, 1.82) is 0 Å². The van der Waals surface area contributed by atoms with Gasteiger partial charge in [-0.05, 0) is 24.5 Å². The fraction of sp³-hybridized carbons (Fsp3) is 0.353. The summed E-state index contributed by atoms with van der Waals surface area (Å²) in [6.45, 7) is 4.43. The minimum atomic E-state index is -0.141. The summed E-state index contributed by atoms with van der Waals surface area (Å²) < 4.78 is 10.6. The van der Waals surface area contributed by atoms with Gasteiger partial charge in [0, 0.05) is 17.0 Å². The lowest BCUT2D eigenvalue weighted by Crippen LogP contribution is -2.11. The van der Waals surface area contributed by atoms with Crippen molar-refractivity contribution in [3.63, 3.8) is 0 Å². The molecular formula is C17H21ClN2O3S. The van der Waals surface area contributed by atoms with Gasteiger partial charge in [-0.3, -0.25) is 4.79 Å². The number of carbonyl (C=O) groups excluding carboxylic acids is 1. The molecule has 24 heavy (non-hydrogen) atoms. The molecule has 130 valence electrons. The first-order chi connectivity index (χ1) is 11.1. The van der Waals surface area contributed by atoms with E-state index >= 15 is 0 Å². The molecule has 0 fully saturated rings. The number of carbonyl (C=O) groups is 1. The molecule has 1 aromatic heterocycles. The Morgan fingerprint density at radius 3 is 2.62 bits per heavy atom. The van der Waals surface area contributed by atoms with E-state index in [1.807, 2.05) is 6.07 Å². The Kier molecular flexibility index (Phi) is 5.96. The largest absolute Gasteiger partial charge is 0.454 e. The van der Waals surface area contributed by atoms with E-state index in [2.05, 4.69) is 19.2 Å². The zero-order valence-electron chi connectivity index (χ0n) is 13.7. The number of hydrogen-bond acceptors (Lipinski definition) is 5. The van der Waals surface area contributed by atoms with Crippen LogP contribution < -0.4 is 20.5 Å². The molecular weight excluding hydrogens is 348 g/mol. The summed E-state index contributed by atoms with van der Waals surface area (Å²) in [6.07, 6.45) is 3.02. The van der Waals surface area contributed by atoms with E-state index in [1.54, 1.807) is 23.5 Å². The fourth-order valence-electron chi connectivity index (χ4n) is 2.57. The summed E-state index contributed by atoms with van der Waals surface area (Å²) in [5.41, 5.74) is 8.24. The van der Waals surface area contributed by atoms with Crippen LogP contribution in [0.3, 0.4) is 0 Å². The molecule has 0 saturated heterocycles. The molecule has 7 heteroatoms. The lowest BCUT2D eigenvalue weighted by atomic mass is 10.1. The van der Waals surface area contributed by atoms with Gasteiger partial charge in [0.05, 0.1) is 16.3 Å². The molecule has 0 saturated carbocycles. The number of benzene rings is 1. The van der Waals surface area contributed by atoms with Gasteiger partial charge < -0.3 is 20.5 Å². The van der Waals surface area contributed by atoms with Crippen molar-refractivity contribution in [2.75, 3.05) is 17.8 Å². The molecule has 0 bridgehead atoms. The predicted molar refractivity (Wildman–Crippen MR) is 99.9 cm³/mol. The van der Waals surface area contributed by atoms with Crippen molar-refractivity contribution in [2.24, 2.45) is 0 Å². The van der Waals surface area contributed by atoms with E-state index in [-0.39, 0.29) is 25.1 Å². The highest BCUT2D eigenvalue weighted by atomic mass is 35.5. The predicted octanol–water partition coefficient (Wildman–Crippen LogP) is 4.25. The Hall–Kier alpha value is -1.92. The first-order valence-corrected chi connectivity index (χ1v) is 8.56. The second-order valence-electron chi connectivity index (χ2n) is 5.41. The molecule has 1 aliphatic rings. The summed E-state index contributed by atoms with van der Waals surface area (Å²) >= 11 is 1.56. The van der Waals surface area contributed by atoms with Gasteiger partial charge in [0.2, 0.25) is 6.79 Å². The zero-order chi connectivity index (χ0) is 16.4. The van der Waals surface area contributed by atoms with Crippen LogP contribution in [0.1, 0.15) is 40.4 Å². The van der Waals surface area contributed by atoms with Crippen molar-refractivity contribution < 1.29 is 14.3 Å². The third-order valence-electron chi connectivity index (χ3n) is 3.77. The number of amides is 1. The fourth-order valence-corrected chi connectivity index (χ4v) is 3.82. The number of hydrogen-bond donors (Lipinski definition) is 2. The van der Waals surface area contributed by atoms with Gasteiger partial charge in [-0.2, -0.15) is 0 Å². The molecule has 2 heterocycles. The van der Waals surface area contributed by atoms with Crippen LogP contribution >= 0.6 is 23.7 Å². The number of nitrogens with two attached hydrogens (primary N) is 1. The summed E-state index contributed by atoms with van der Waals surface area (Å²) in [6, 6.07) is 5.36. The maximum absolute atomic E-state index is 12.5. The molecule has 5 nitrogen and oxygen atoms in total. The van der Waals surface area contributed by atoms with Crippen molar-refractivity contribution >= 4 is 41.0 Å². The molecule has 2 aromatic rings. The highest BCUT2D eigenvalue weighted by Crippen LogP contribution is 2.38. The number of fused-ring (bicyclic) bond motifs is 1. The van der Waals surface area contributed by atoms with Crippen LogP contribution in [0.4, 0.5) is 11.4 Å². The third kappa shape index (κ3) is 3.60. The van der Waals surface area contributed by atoms with Crippen LogP contribution in [0.2, 0.25) is 0 Å². The number of halogens is 1. The van der Waals surface area contributed by atoms with E-state index < -0.39 is 0 Å². The zero-order valence-corrected chi connectivity index (χ0v) is 15.3. The highest BCUT2D eigenvalue weighted by molar-refractivity contribution is 7.14. The van der Waals surface area contributed by atoms with E-state index in [9.17, 15) is 4.79 Å². The van der Waals surface area contributed by atoms with Crippen molar-refractivity contribution in [3.05, 3.63) is 33.5 Å². The number of ether oxygens (including phenoxy) is 2. The molecule has 0 aliphatic carbocycles. The summed E-state index contributed by atoms with van der Waals surface area (Å²) in [5.74, 6) is 1.06. The van der Waals surface area contributed by atoms with Crippen LogP contribution in [0, 0.1) is 0 Å². The van der Waals surface area contributed by atoms with Crippen LogP contribution in [0.25, 0.3) is 0 Å². The number of thiophene rings is 1. The normalized spacial score (nSPS) is 11.9. The molecule has 1 aromatic carbocycles. The summed E-state index contributed by atoms with van der Waals surface area (Å²) in [4.78, 5) is 14.5. The number of nitrogens with one attached hydrogen (secondary N) is 1. The highest BCUT2D eigenvalue weighted by Gasteiger charge is 2.19. The number of nitrogen functional groups attached to an aromatic ring is 1. The van der Waals surface area contributed by atoms with Gasteiger partial charge in [0.1, 0.15) is 0 Å². The van der Waals surface area contributed by atoms with Crippen LogP contribution in [0.15, 0.2) is 18.2 Å². The molecule has 1 aliphatic heterocycles. The Bertz CT molecular complexity index is 746. The van der Waals surface area contributed by atoms with E-state index in [1.165, 1.54) is 10.4 Å². The van der Waals surface area contributed by atoms with Crippen LogP contribution in [-0.4, -0.2) is 12.7 Å². The number of rotatable bonds is 5. The minimum Gasteiger partial charge on any atom is -0.454 e. The topological polar surface area (TPSA) is 73.6 Å². The summed E-state index contributed by atoms with van der Waals surface area (Å²) in [7, 11) is 0. The van der Waals surface area contributed by atoms with Gasteiger partial charge in [-0.15, -0.1) is 23.7 Å². The van der Waals surface area contributed by atoms with Crippen molar-refractivity contribution in [1.82, 2.24) is 0 Å². The smallest absolute Gasteiger partial charge is 0.265 e. The van der Waals surface area contributed by atoms with Gasteiger partial charge in [-0.1, -0.05) is 20.3 Å². The van der Waals surface area contributed by atoms with E-state index in [4.69, 9.17) is 15.2 Å². The molecule has 3 N–H and O–H groups in total. The number of aryl methyl sites for hydroxylation is 2. The van der Waals surface area contributed by atoms with Gasteiger partial charge >= 0.3 is 0 Å². The van der Waals surface area contributed by atoms with Crippen molar-refractivity contribution in [2.45, 2.75) is 33.1 Å². The van der Waals surface area contributed by atoms with E-state index in [0.29, 0.717) is 27.8 Å². The van der Waals surface area contributed by atoms with Gasteiger partial charge in [0.25, 0.3) is 5.91 Å². The third-order valence-corrected chi connectivity index (χ3v) is 5.01. The maximum Gasteiger partial charge on any atom is 0.265 e. The number of anilines is 2. The molecule has 3 rings (SSSR count). The first kappa shape index (κ1) is 18.4. The van der Waals surface area contributed by atoms with E-state index in [0.717, 1.165) is 19.3 Å². The van der Waals surface area contributed by atoms with Crippen molar-refractivity contribution in [3.8, 4) is 11.5 Å². The molecule has 0 spiro atoms. The van der Waals surface area contributed by atoms with Gasteiger partial charge in [-0.25, -0.2) is 0 Å². The molecule has 1 amide bonds. The van der Waals surface area contributed by atoms with Gasteiger partial charge in [0.15, 0.2) is 11.5 Å². The SMILES string of the molecule is CCCc1sc(C(=O)Nc2cc3c(cc2N)OCO3)cc1CC.Cl. The maximum atomic E-state index is 12.5. The lowest BCUT2D eigenvalue weighted by molar-refractivity contribution is 0.103. The monoisotopic (exact) mass is 368 g/mol. The minimum absolute atomic E-state index is 0. The molecule has 0 radical (unpaired) electrons. The Balaban J connectivity index is 0.00000208. The Morgan fingerprint density at radius 1 is 1.25 bits per heavy atom. The quantitative estimate of drug-likeness (QED) is 0.774. The van der Waals surface area contributed by atoms with Crippen LogP contribution in [0.5, 0.6) is 11.5 Å². The summed E-state index contributed by atoms with van der Waals surface area (Å²) in [5, 5.41) is 2.87.